The number of anilines is 2. The maximum atomic E-state index is 12.4. The number of benzene rings is 1. The summed E-state index contributed by atoms with van der Waals surface area (Å²) < 4.78 is 0. The van der Waals surface area contributed by atoms with Crippen LogP contribution in [0.3, 0.4) is 0 Å². The smallest absolute Gasteiger partial charge is 0.257 e. The first-order chi connectivity index (χ1) is 10.5. The van der Waals surface area contributed by atoms with Crippen LogP contribution in [0.25, 0.3) is 0 Å². The molecule has 1 heterocycles. The van der Waals surface area contributed by atoms with Gasteiger partial charge in [0.15, 0.2) is 0 Å². The molecule has 22 heavy (non-hydrogen) atoms. The zero-order chi connectivity index (χ0) is 16.1. The predicted molar refractivity (Wildman–Crippen MR) is 91.5 cm³/mol. The van der Waals surface area contributed by atoms with Crippen LogP contribution in [0, 0.1) is 0 Å². The molecule has 0 aliphatic heterocycles. The summed E-state index contributed by atoms with van der Waals surface area (Å²) in [6.45, 7) is 8.32. The third kappa shape index (κ3) is 4.07. The molecule has 1 aromatic heterocycles. The van der Waals surface area contributed by atoms with E-state index in [2.05, 4.69) is 29.5 Å². The van der Waals surface area contributed by atoms with Gasteiger partial charge in [0, 0.05) is 24.1 Å². The Bertz CT molecular complexity index is 650. The molecule has 2 N–H and O–H groups in total. The lowest BCUT2D eigenvalue weighted by molar-refractivity contribution is 0.102. The van der Waals surface area contributed by atoms with E-state index in [1.165, 1.54) is 0 Å². The molecule has 116 valence electrons. The zero-order valence-corrected chi connectivity index (χ0v) is 13.6. The van der Waals surface area contributed by atoms with Gasteiger partial charge in [-0.15, -0.1) is 0 Å². The monoisotopic (exact) mass is 297 g/mol. The minimum absolute atomic E-state index is 0.145. The first-order valence-corrected chi connectivity index (χ1v) is 7.59. The van der Waals surface area contributed by atoms with Gasteiger partial charge in [0.05, 0.1) is 11.3 Å². The number of amides is 1. The van der Waals surface area contributed by atoms with Crippen molar-refractivity contribution in [3.05, 3.63) is 53.9 Å². The third-order valence-electron chi connectivity index (χ3n) is 3.29. The molecule has 1 amide bonds. The largest absolute Gasteiger partial charge is 0.382 e. The van der Waals surface area contributed by atoms with Gasteiger partial charge in [0.25, 0.3) is 5.91 Å². The molecule has 0 unspecified atom stereocenters. The second-order valence-electron chi connectivity index (χ2n) is 5.96. The maximum Gasteiger partial charge on any atom is 0.257 e. The summed E-state index contributed by atoms with van der Waals surface area (Å²) in [4.78, 5) is 16.6. The van der Waals surface area contributed by atoms with Crippen molar-refractivity contribution >= 4 is 17.3 Å². The Morgan fingerprint density at radius 1 is 1.09 bits per heavy atom. The molecule has 0 bridgehead atoms. The minimum Gasteiger partial charge on any atom is -0.382 e. The summed E-state index contributed by atoms with van der Waals surface area (Å²) in [6.07, 6.45) is 3.30. The molecule has 4 heteroatoms. The van der Waals surface area contributed by atoms with Gasteiger partial charge in [0.1, 0.15) is 0 Å². The molecular weight excluding hydrogens is 274 g/mol. The number of carbonyl (C=O) groups is 1. The minimum atomic E-state index is -0.145. The van der Waals surface area contributed by atoms with Gasteiger partial charge >= 0.3 is 0 Å². The molecule has 0 saturated carbocycles. The molecule has 2 aromatic rings. The van der Waals surface area contributed by atoms with Crippen LogP contribution in [0.4, 0.5) is 11.4 Å². The van der Waals surface area contributed by atoms with Crippen LogP contribution in [0.2, 0.25) is 0 Å². The highest BCUT2D eigenvalue weighted by Gasteiger charge is 2.11. The molecule has 0 fully saturated rings. The van der Waals surface area contributed by atoms with Crippen molar-refractivity contribution in [3.8, 4) is 0 Å². The van der Waals surface area contributed by atoms with E-state index >= 15 is 0 Å². The second kappa shape index (κ2) is 7.07. The molecule has 4 nitrogen and oxygen atoms in total. The summed E-state index contributed by atoms with van der Waals surface area (Å²) in [5.41, 5.74) is 3.37. The van der Waals surface area contributed by atoms with Crippen molar-refractivity contribution in [3.63, 3.8) is 0 Å². The van der Waals surface area contributed by atoms with Crippen molar-refractivity contribution in [1.29, 1.82) is 0 Å². The lowest BCUT2D eigenvalue weighted by Crippen LogP contribution is -2.15. The van der Waals surface area contributed by atoms with Gasteiger partial charge in [-0.25, -0.2) is 0 Å². The van der Waals surface area contributed by atoms with Crippen LogP contribution in [-0.4, -0.2) is 16.9 Å². The fourth-order valence-electron chi connectivity index (χ4n) is 2.29. The van der Waals surface area contributed by atoms with Crippen LogP contribution in [-0.2, 0) is 0 Å². The molecule has 0 spiro atoms. The summed E-state index contributed by atoms with van der Waals surface area (Å²) >= 11 is 0. The van der Waals surface area contributed by atoms with E-state index in [0.717, 1.165) is 16.9 Å². The van der Waals surface area contributed by atoms with E-state index in [4.69, 9.17) is 0 Å². The Labute approximate surface area is 132 Å². The number of nitrogens with zero attached hydrogens (tertiary/aromatic N) is 1. The van der Waals surface area contributed by atoms with E-state index in [1.54, 1.807) is 12.4 Å². The summed E-state index contributed by atoms with van der Waals surface area (Å²) in [5, 5.41) is 6.23. The lowest BCUT2D eigenvalue weighted by atomic mass is 10.0. The van der Waals surface area contributed by atoms with Crippen LogP contribution >= 0.6 is 0 Å². The van der Waals surface area contributed by atoms with E-state index in [-0.39, 0.29) is 5.91 Å². The number of rotatable bonds is 5. The first kappa shape index (κ1) is 16.0. The van der Waals surface area contributed by atoms with Crippen LogP contribution < -0.4 is 10.6 Å². The van der Waals surface area contributed by atoms with Gasteiger partial charge in [-0.1, -0.05) is 32.0 Å². The number of nitrogens with one attached hydrogen (secondary N) is 2. The molecule has 0 aliphatic carbocycles. The highest BCUT2D eigenvalue weighted by molar-refractivity contribution is 6.05. The van der Waals surface area contributed by atoms with Gasteiger partial charge < -0.3 is 10.6 Å². The van der Waals surface area contributed by atoms with Crippen LogP contribution in [0.1, 0.15) is 49.5 Å². The van der Waals surface area contributed by atoms with Crippen LogP contribution in [0.5, 0.6) is 0 Å². The number of hydrogen-bond donors (Lipinski definition) is 2. The normalized spacial score (nSPS) is 10.8. The topological polar surface area (TPSA) is 54.0 Å². The Kier molecular flexibility index (Phi) is 5.15. The van der Waals surface area contributed by atoms with Gasteiger partial charge in [-0.2, -0.15) is 0 Å². The molecule has 2 rings (SSSR count). The lowest BCUT2D eigenvalue weighted by Gasteiger charge is -2.14. The predicted octanol–water partition coefficient (Wildman–Crippen LogP) is 4.28. The number of para-hydroxylation sites is 1. The molecule has 0 aliphatic rings. The van der Waals surface area contributed by atoms with E-state index in [1.807, 2.05) is 44.2 Å². The van der Waals surface area contributed by atoms with E-state index in [9.17, 15) is 4.79 Å². The first-order valence-electron chi connectivity index (χ1n) is 7.59. The maximum absolute atomic E-state index is 12.4. The SMILES string of the molecule is CC(C)Nc1cncc(C(=O)Nc2ccccc2C(C)C)c1. The van der Waals surface area contributed by atoms with Gasteiger partial charge in [-0.05, 0) is 37.5 Å². The van der Waals surface area contributed by atoms with Crippen LogP contribution in [0.15, 0.2) is 42.7 Å². The fraction of sp³-hybridized carbons (Fsp3) is 0.333. The van der Waals surface area contributed by atoms with Crippen molar-refractivity contribution in [1.82, 2.24) is 4.98 Å². The number of aromatic nitrogens is 1. The number of pyridine rings is 1. The number of carbonyl (C=O) groups excluding carboxylic acids is 1. The van der Waals surface area contributed by atoms with Gasteiger partial charge in [-0.3, -0.25) is 9.78 Å². The zero-order valence-electron chi connectivity index (χ0n) is 13.6. The quantitative estimate of drug-likeness (QED) is 0.866. The Balaban J connectivity index is 2.19. The second-order valence-corrected chi connectivity index (χ2v) is 5.96. The summed E-state index contributed by atoms with van der Waals surface area (Å²) in [7, 11) is 0. The molecule has 0 saturated heterocycles. The van der Waals surface area contributed by atoms with Crippen molar-refractivity contribution in [2.24, 2.45) is 0 Å². The fourth-order valence-corrected chi connectivity index (χ4v) is 2.29. The van der Waals surface area contributed by atoms with E-state index in [0.29, 0.717) is 17.5 Å². The number of hydrogen-bond acceptors (Lipinski definition) is 3. The molecule has 0 radical (unpaired) electrons. The summed E-state index contributed by atoms with van der Waals surface area (Å²) in [5.74, 6) is 0.205. The van der Waals surface area contributed by atoms with E-state index < -0.39 is 0 Å². The Morgan fingerprint density at radius 3 is 2.50 bits per heavy atom. The average molecular weight is 297 g/mol. The standard InChI is InChI=1S/C18H23N3O/c1-12(2)16-7-5-6-8-17(16)21-18(22)14-9-15(11-19-10-14)20-13(3)4/h5-13,20H,1-4H3,(H,21,22). The van der Waals surface area contributed by atoms with Crippen molar-refractivity contribution in [2.45, 2.75) is 39.7 Å². The Morgan fingerprint density at radius 2 is 1.82 bits per heavy atom. The molecule has 0 atom stereocenters. The van der Waals surface area contributed by atoms with Crippen molar-refractivity contribution in [2.75, 3.05) is 10.6 Å². The molecular formula is C18H23N3O. The average Bonchev–Trinajstić information content (AvgIpc) is 2.47. The Hall–Kier alpha value is -2.36. The molecule has 1 aromatic carbocycles. The summed E-state index contributed by atoms with van der Waals surface area (Å²) in [6, 6.07) is 9.99. The highest BCUT2D eigenvalue weighted by atomic mass is 16.1. The van der Waals surface area contributed by atoms with Crippen molar-refractivity contribution < 1.29 is 4.79 Å². The highest BCUT2D eigenvalue weighted by Crippen LogP contribution is 2.24. The van der Waals surface area contributed by atoms with Gasteiger partial charge in [0.2, 0.25) is 0 Å². The third-order valence-corrected chi connectivity index (χ3v) is 3.29.